The molecule has 0 aromatic heterocycles. The Labute approximate surface area is 116 Å². The van der Waals surface area contributed by atoms with E-state index in [1.807, 2.05) is 0 Å². The highest BCUT2D eigenvalue weighted by Crippen LogP contribution is 2.41. The van der Waals surface area contributed by atoms with Crippen LogP contribution < -0.4 is 11.1 Å². The quantitative estimate of drug-likeness (QED) is 0.869. The Hall–Kier alpha value is -0.860. The van der Waals surface area contributed by atoms with Crippen molar-refractivity contribution in [1.29, 1.82) is 0 Å². The lowest BCUT2D eigenvalue weighted by molar-refractivity contribution is 0.303. The first-order valence-corrected chi connectivity index (χ1v) is 7.80. The second kappa shape index (κ2) is 5.64. The molecule has 104 valence electrons. The molecule has 2 fully saturated rings. The molecule has 2 aliphatic carbocycles. The third kappa shape index (κ3) is 3.37. The van der Waals surface area contributed by atoms with E-state index in [1.165, 1.54) is 49.7 Å². The molecule has 19 heavy (non-hydrogen) atoms. The van der Waals surface area contributed by atoms with Crippen LogP contribution in [-0.2, 0) is 0 Å². The Bertz CT molecular complexity index is 400. The maximum Gasteiger partial charge on any atom is 0.0351 e. The van der Waals surface area contributed by atoms with E-state index in [9.17, 15) is 0 Å². The Kier molecular flexibility index (Phi) is 3.90. The molecule has 0 spiro atoms. The molecular formula is C17H26N2. The fraction of sp³-hybridized carbons (Fsp3) is 0.647. The summed E-state index contributed by atoms with van der Waals surface area (Å²) >= 11 is 0. The van der Waals surface area contributed by atoms with Gasteiger partial charge < -0.3 is 11.1 Å². The van der Waals surface area contributed by atoms with E-state index >= 15 is 0 Å². The Morgan fingerprint density at radius 3 is 2.21 bits per heavy atom. The monoisotopic (exact) mass is 258 g/mol. The zero-order valence-corrected chi connectivity index (χ0v) is 11.9. The van der Waals surface area contributed by atoms with Gasteiger partial charge in [0.25, 0.3) is 0 Å². The Morgan fingerprint density at radius 1 is 1.00 bits per heavy atom. The lowest BCUT2D eigenvalue weighted by Gasteiger charge is -2.31. The molecule has 0 saturated heterocycles. The van der Waals surface area contributed by atoms with Crippen molar-refractivity contribution in [3.8, 4) is 0 Å². The van der Waals surface area contributed by atoms with E-state index in [1.54, 1.807) is 0 Å². The topological polar surface area (TPSA) is 38.0 Å². The largest absolute Gasteiger partial charge is 0.328 e. The van der Waals surface area contributed by atoms with E-state index in [-0.39, 0.29) is 0 Å². The second-order valence-electron chi connectivity index (χ2n) is 6.50. The minimum Gasteiger partial charge on any atom is -0.328 e. The third-order valence-corrected chi connectivity index (χ3v) is 4.72. The van der Waals surface area contributed by atoms with E-state index in [4.69, 9.17) is 5.73 Å². The summed E-state index contributed by atoms with van der Waals surface area (Å²) in [5, 5.41) is 3.92. The van der Waals surface area contributed by atoms with E-state index in [0.29, 0.717) is 18.1 Å². The Balaban J connectivity index is 1.66. The van der Waals surface area contributed by atoms with E-state index in [0.717, 1.165) is 5.92 Å². The molecule has 0 aliphatic heterocycles. The first-order chi connectivity index (χ1) is 9.22. The van der Waals surface area contributed by atoms with Crippen molar-refractivity contribution in [2.75, 3.05) is 0 Å². The minimum absolute atomic E-state index is 0.441. The molecule has 0 amide bonds. The summed E-state index contributed by atoms with van der Waals surface area (Å²) in [7, 11) is 0. The predicted molar refractivity (Wildman–Crippen MR) is 80.0 cm³/mol. The van der Waals surface area contributed by atoms with Crippen LogP contribution >= 0.6 is 0 Å². The van der Waals surface area contributed by atoms with Crippen molar-refractivity contribution >= 4 is 0 Å². The van der Waals surface area contributed by atoms with Gasteiger partial charge in [0.15, 0.2) is 0 Å². The summed E-state index contributed by atoms with van der Waals surface area (Å²) in [5.74, 6) is 0.860. The minimum atomic E-state index is 0.441. The van der Waals surface area contributed by atoms with Crippen LogP contribution in [0.4, 0.5) is 0 Å². The van der Waals surface area contributed by atoms with Crippen molar-refractivity contribution in [3.63, 3.8) is 0 Å². The van der Waals surface area contributed by atoms with Gasteiger partial charge in [0.2, 0.25) is 0 Å². The molecule has 2 nitrogen and oxygen atoms in total. The van der Waals surface area contributed by atoms with Gasteiger partial charge >= 0.3 is 0 Å². The molecule has 2 heteroatoms. The normalized spacial score (nSPS) is 29.2. The summed E-state index contributed by atoms with van der Waals surface area (Å²) in [4.78, 5) is 0. The highest BCUT2D eigenvalue weighted by molar-refractivity contribution is 5.25. The van der Waals surface area contributed by atoms with Crippen molar-refractivity contribution < 1.29 is 0 Å². The molecule has 0 heterocycles. The molecule has 1 atom stereocenters. The molecular weight excluding hydrogens is 232 g/mol. The standard InChI is InChI=1S/C17H26N2/c1-12-2-4-13(5-3-12)17(14-6-7-14)19-16-10-8-15(18)9-11-16/h2-5,14-17,19H,6-11,18H2,1H3. The van der Waals surface area contributed by atoms with Gasteiger partial charge in [-0.05, 0) is 56.9 Å². The zero-order chi connectivity index (χ0) is 13.2. The highest BCUT2D eigenvalue weighted by Gasteiger charge is 2.34. The second-order valence-corrected chi connectivity index (χ2v) is 6.50. The van der Waals surface area contributed by atoms with Crippen molar-refractivity contribution in [2.24, 2.45) is 11.7 Å². The van der Waals surface area contributed by atoms with Crippen LogP contribution in [0.5, 0.6) is 0 Å². The summed E-state index contributed by atoms with van der Waals surface area (Å²) < 4.78 is 0. The molecule has 3 N–H and O–H groups in total. The first-order valence-electron chi connectivity index (χ1n) is 7.80. The lowest BCUT2D eigenvalue weighted by Crippen LogP contribution is -2.39. The molecule has 0 bridgehead atoms. The number of nitrogens with two attached hydrogens (primary N) is 1. The Morgan fingerprint density at radius 2 is 1.63 bits per heavy atom. The van der Waals surface area contributed by atoms with Gasteiger partial charge in [-0.15, -0.1) is 0 Å². The maximum atomic E-state index is 6.00. The summed E-state index contributed by atoms with van der Waals surface area (Å²) in [6, 6.07) is 10.8. The number of hydrogen-bond donors (Lipinski definition) is 2. The van der Waals surface area contributed by atoms with Gasteiger partial charge in [0.1, 0.15) is 0 Å². The molecule has 1 unspecified atom stereocenters. The lowest BCUT2D eigenvalue weighted by atomic mass is 9.90. The number of rotatable bonds is 4. The van der Waals surface area contributed by atoms with E-state index in [2.05, 4.69) is 36.5 Å². The molecule has 1 aromatic rings. The first kappa shape index (κ1) is 13.1. The predicted octanol–water partition coefficient (Wildman–Crippen LogP) is 3.31. The van der Waals surface area contributed by atoms with Crippen LogP contribution in [0.3, 0.4) is 0 Å². The maximum absolute atomic E-state index is 6.00. The van der Waals surface area contributed by atoms with Crippen LogP contribution in [0.25, 0.3) is 0 Å². The average Bonchev–Trinajstić information content (AvgIpc) is 3.24. The molecule has 1 aromatic carbocycles. The van der Waals surface area contributed by atoms with Gasteiger partial charge in [0, 0.05) is 18.1 Å². The summed E-state index contributed by atoms with van der Waals surface area (Å²) in [6.07, 6.45) is 7.63. The highest BCUT2D eigenvalue weighted by atomic mass is 15.0. The number of benzene rings is 1. The number of nitrogens with one attached hydrogen (secondary N) is 1. The van der Waals surface area contributed by atoms with Crippen molar-refractivity contribution in [2.45, 2.75) is 63.6 Å². The summed E-state index contributed by atoms with van der Waals surface area (Å²) in [6.45, 7) is 2.16. The van der Waals surface area contributed by atoms with E-state index < -0.39 is 0 Å². The average molecular weight is 258 g/mol. The van der Waals surface area contributed by atoms with Gasteiger partial charge in [-0.2, -0.15) is 0 Å². The molecule has 2 saturated carbocycles. The fourth-order valence-corrected chi connectivity index (χ4v) is 3.25. The van der Waals surface area contributed by atoms with Crippen LogP contribution in [0.15, 0.2) is 24.3 Å². The van der Waals surface area contributed by atoms with Gasteiger partial charge in [-0.3, -0.25) is 0 Å². The van der Waals surface area contributed by atoms with Crippen molar-refractivity contribution in [1.82, 2.24) is 5.32 Å². The van der Waals surface area contributed by atoms with Gasteiger partial charge in [0.05, 0.1) is 0 Å². The third-order valence-electron chi connectivity index (χ3n) is 4.72. The molecule has 2 aliphatic rings. The van der Waals surface area contributed by atoms with Crippen molar-refractivity contribution in [3.05, 3.63) is 35.4 Å². The number of hydrogen-bond acceptors (Lipinski definition) is 2. The van der Waals surface area contributed by atoms with Crippen LogP contribution in [0.1, 0.15) is 55.7 Å². The summed E-state index contributed by atoms with van der Waals surface area (Å²) in [5.41, 5.74) is 8.82. The smallest absolute Gasteiger partial charge is 0.0351 e. The van der Waals surface area contributed by atoms with Crippen LogP contribution in [-0.4, -0.2) is 12.1 Å². The van der Waals surface area contributed by atoms with Gasteiger partial charge in [-0.25, -0.2) is 0 Å². The van der Waals surface area contributed by atoms with Crippen LogP contribution in [0, 0.1) is 12.8 Å². The molecule has 0 radical (unpaired) electrons. The fourth-order valence-electron chi connectivity index (χ4n) is 3.25. The van der Waals surface area contributed by atoms with Crippen LogP contribution in [0.2, 0.25) is 0 Å². The SMILES string of the molecule is Cc1ccc(C(NC2CCC(N)CC2)C2CC2)cc1. The van der Waals surface area contributed by atoms with Gasteiger partial charge in [-0.1, -0.05) is 29.8 Å². The zero-order valence-electron chi connectivity index (χ0n) is 11.9. The molecule has 3 rings (SSSR count). The number of aryl methyl sites for hydroxylation is 1.